The molecule has 0 unspecified atom stereocenters. The number of nitrogens with zero attached hydrogens (tertiary/aromatic N) is 2. The van der Waals surface area contributed by atoms with Gasteiger partial charge in [-0.15, -0.1) is 0 Å². The molecule has 2 aromatic heterocycles. The van der Waals surface area contributed by atoms with Gasteiger partial charge >= 0.3 is 0 Å². The van der Waals surface area contributed by atoms with Crippen LogP contribution in [0.2, 0.25) is 0 Å². The lowest BCUT2D eigenvalue weighted by Crippen LogP contribution is -2.14. The zero-order valence-electron chi connectivity index (χ0n) is 10.9. The van der Waals surface area contributed by atoms with E-state index < -0.39 is 10.0 Å². The molecule has 2 N–H and O–H groups in total. The van der Waals surface area contributed by atoms with E-state index in [1.165, 1.54) is 12.3 Å². The quantitative estimate of drug-likeness (QED) is 0.878. The van der Waals surface area contributed by atoms with E-state index in [1.54, 1.807) is 25.4 Å². The van der Waals surface area contributed by atoms with Gasteiger partial charge in [0.05, 0.1) is 0 Å². The average molecular weight is 357 g/mol. The Morgan fingerprint density at radius 1 is 1.15 bits per heavy atom. The summed E-state index contributed by atoms with van der Waals surface area (Å²) in [7, 11) is -1.97. The first kappa shape index (κ1) is 14.7. The molecule has 106 valence electrons. The van der Waals surface area contributed by atoms with Crippen molar-refractivity contribution in [3.63, 3.8) is 0 Å². The number of rotatable bonds is 4. The Morgan fingerprint density at radius 3 is 2.40 bits per heavy atom. The van der Waals surface area contributed by atoms with Crippen LogP contribution in [0, 0.1) is 6.92 Å². The normalized spacial score (nSPS) is 11.2. The number of sulfonamides is 1. The summed E-state index contributed by atoms with van der Waals surface area (Å²) in [5, 5.41) is 2.83. The number of pyridine rings is 2. The number of aryl methyl sites for hydroxylation is 1. The summed E-state index contributed by atoms with van der Waals surface area (Å²) < 4.78 is 27.6. The highest BCUT2D eigenvalue weighted by molar-refractivity contribution is 9.10. The van der Waals surface area contributed by atoms with Crippen molar-refractivity contribution in [2.45, 2.75) is 11.8 Å². The van der Waals surface area contributed by atoms with E-state index in [0.717, 1.165) is 10.0 Å². The van der Waals surface area contributed by atoms with Crippen LogP contribution in [0.1, 0.15) is 5.56 Å². The Balaban J connectivity index is 2.27. The number of aromatic nitrogens is 2. The van der Waals surface area contributed by atoms with E-state index >= 15 is 0 Å². The fourth-order valence-corrected chi connectivity index (χ4v) is 2.64. The number of halogens is 1. The number of hydrogen-bond acceptors (Lipinski definition) is 5. The molecule has 0 amide bonds. The summed E-state index contributed by atoms with van der Waals surface area (Å²) in [6.45, 7) is 1.85. The second-order valence-electron chi connectivity index (χ2n) is 4.05. The topological polar surface area (TPSA) is 84.0 Å². The maximum absolute atomic E-state index is 12.2. The molecule has 0 aliphatic carbocycles. The van der Waals surface area contributed by atoms with Crippen LogP contribution in [-0.4, -0.2) is 25.4 Å². The first-order valence-electron chi connectivity index (χ1n) is 5.71. The summed E-state index contributed by atoms with van der Waals surface area (Å²) in [4.78, 5) is 8.07. The smallest absolute Gasteiger partial charge is 0.264 e. The summed E-state index contributed by atoms with van der Waals surface area (Å²) in [6.07, 6.45) is 2.84. The van der Waals surface area contributed by atoms with Crippen molar-refractivity contribution in [3.8, 4) is 0 Å². The molecule has 0 atom stereocenters. The van der Waals surface area contributed by atoms with Gasteiger partial charge in [-0.25, -0.2) is 18.4 Å². The minimum atomic E-state index is -3.69. The molecular formula is C12H13BrN4O2S. The molecule has 2 heterocycles. The third-order valence-electron chi connectivity index (χ3n) is 2.59. The number of nitrogens with one attached hydrogen (secondary N) is 2. The fourth-order valence-electron chi connectivity index (χ4n) is 1.48. The van der Waals surface area contributed by atoms with Crippen molar-refractivity contribution < 1.29 is 8.42 Å². The van der Waals surface area contributed by atoms with Crippen molar-refractivity contribution in [2.75, 3.05) is 17.1 Å². The van der Waals surface area contributed by atoms with Gasteiger partial charge in [0.2, 0.25) is 0 Å². The molecule has 0 aromatic carbocycles. The Labute approximate surface area is 125 Å². The lowest BCUT2D eigenvalue weighted by atomic mass is 10.3. The van der Waals surface area contributed by atoms with Crippen LogP contribution in [0.5, 0.6) is 0 Å². The summed E-state index contributed by atoms with van der Waals surface area (Å²) in [5.41, 5.74) is 0.890. The molecule has 20 heavy (non-hydrogen) atoms. The van der Waals surface area contributed by atoms with Crippen molar-refractivity contribution in [1.29, 1.82) is 0 Å². The third kappa shape index (κ3) is 3.26. The zero-order valence-corrected chi connectivity index (χ0v) is 13.3. The largest absolute Gasteiger partial charge is 0.373 e. The monoisotopic (exact) mass is 356 g/mol. The molecule has 2 rings (SSSR count). The van der Waals surface area contributed by atoms with E-state index in [2.05, 4.69) is 35.9 Å². The van der Waals surface area contributed by atoms with Gasteiger partial charge in [-0.05, 0) is 46.6 Å². The van der Waals surface area contributed by atoms with Crippen LogP contribution in [0.4, 0.5) is 11.6 Å². The van der Waals surface area contributed by atoms with Gasteiger partial charge in [0.15, 0.2) is 0 Å². The first-order valence-corrected chi connectivity index (χ1v) is 7.99. The highest BCUT2D eigenvalue weighted by Crippen LogP contribution is 2.20. The van der Waals surface area contributed by atoms with Crippen molar-refractivity contribution in [1.82, 2.24) is 9.97 Å². The Kier molecular flexibility index (Phi) is 4.24. The van der Waals surface area contributed by atoms with Crippen molar-refractivity contribution in [2.24, 2.45) is 0 Å². The van der Waals surface area contributed by atoms with Gasteiger partial charge in [-0.2, -0.15) is 0 Å². The maximum atomic E-state index is 12.2. The Hall–Kier alpha value is -1.67. The van der Waals surface area contributed by atoms with Crippen molar-refractivity contribution in [3.05, 3.63) is 40.6 Å². The van der Waals surface area contributed by atoms with E-state index in [9.17, 15) is 8.42 Å². The second-order valence-corrected chi connectivity index (χ2v) is 6.59. The Bertz CT molecular complexity index is 717. The van der Waals surface area contributed by atoms with Crippen LogP contribution in [0.25, 0.3) is 0 Å². The minimum Gasteiger partial charge on any atom is -0.373 e. The van der Waals surface area contributed by atoms with Crippen LogP contribution < -0.4 is 10.0 Å². The molecule has 0 saturated heterocycles. The summed E-state index contributed by atoms with van der Waals surface area (Å²) >= 11 is 3.31. The maximum Gasteiger partial charge on any atom is 0.264 e. The van der Waals surface area contributed by atoms with Gasteiger partial charge in [-0.1, -0.05) is 0 Å². The fraction of sp³-hybridized carbons (Fsp3) is 0.167. The zero-order chi connectivity index (χ0) is 14.8. The number of anilines is 2. The molecule has 0 spiro atoms. The second kappa shape index (κ2) is 5.76. The van der Waals surface area contributed by atoms with Gasteiger partial charge in [0, 0.05) is 23.9 Å². The highest BCUT2D eigenvalue weighted by Gasteiger charge is 2.15. The van der Waals surface area contributed by atoms with E-state index in [-0.39, 0.29) is 10.7 Å². The molecule has 0 aliphatic heterocycles. The molecule has 0 saturated carbocycles. The van der Waals surface area contributed by atoms with Crippen LogP contribution in [-0.2, 0) is 10.0 Å². The molecular weight excluding hydrogens is 344 g/mol. The predicted octanol–water partition coefficient (Wildman–Crippen LogP) is 2.39. The molecule has 6 nitrogen and oxygen atoms in total. The summed E-state index contributed by atoms with van der Waals surface area (Å²) in [6, 6.07) is 4.72. The van der Waals surface area contributed by atoms with Crippen LogP contribution in [0.3, 0.4) is 0 Å². The standard InChI is InChI=1S/C12H13BrN4O2S/c1-8-5-12(16-7-10(8)13)17-20(18,19)9-3-4-11(14-2)15-6-9/h3-7H,1-2H3,(H,14,15)(H,16,17). The van der Waals surface area contributed by atoms with Crippen molar-refractivity contribution >= 4 is 37.6 Å². The van der Waals surface area contributed by atoms with Crippen LogP contribution >= 0.6 is 15.9 Å². The third-order valence-corrected chi connectivity index (χ3v) is 4.76. The average Bonchev–Trinajstić information content (AvgIpc) is 2.43. The number of hydrogen-bond donors (Lipinski definition) is 2. The molecule has 0 bridgehead atoms. The molecule has 8 heteroatoms. The van der Waals surface area contributed by atoms with Gasteiger partial charge in [-0.3, -0.25) is 4.72 Å². The Morgan fingerprint density at radius 2 is 1.85 bits per heavy atom. The van der Waals surface area contributed by atoms with E-state index in [0.29, 0.717) is 5.82 Å². The molecule has 0 aliphatic rings. The van der Waals surface area contributed by atoms with E-state index in [1.807, 2.05) is 6.92 Å². The lowest BCUT2D eigenvalue weighted by Gasteiger charge is -2.08. The molecule has 0 radical (unpaired) electrons. The molecule has 0 fully saturated rings. The lowest BCUT2D eigenvalue weighted by molar-refractivity contribution is 0.600. The van der Waals surface area contributed by atoms with Gasteiger partial charge in [0.25, 0.3) is 10.0 Å². The predicted molar refractivity (Wildman–Crippen MR) is 81.3 cm³/mol. The minimum absolute atomic E-state index is 0.0823. The van der Waals surface area contributed by atoms with E-state index in [4.69, 9.17) is 0 Å². The first-order chi connectivity index (χ1) is 9.42. The van der Waals surface area contributed by atoms with Gasteiger partial charge < -0.3 is 5.32 Å². The van der Waals surface area contributed by atoms with Crippen LogP contribution in [0.15, 0.2) is 40.0 Å². The summed E-state index contributed by atoms with van der Waals surface area (Å²) in [5.74, 6) is 0.866. The van der Waals surface area contributed by atoms with Gasteiger partial charge in [0.1, 0.15) is 16.5 Å². The SMILES string of the molecule is CNc1ccc(S(=O)(=O)Nc2cc(C)c(Br)cn2)cn1. The molecule has 2 aromatic rings. The highest BCUT2D eigenvalue weighted by atomic mass is 79.9.